The molecule has 120 valence electrons. The molecule has 1 atom stereocenters. The van der Waals surface area contributed by atoms with Gasteiger partial charge in [-0.25, -0.2) is 9.18 Å². The van der Waals surface area contributed by atoms with E-state index in [9.17, 15) is 14.3 Å². The SMILES string of the molecule is CC1(C)CCc2ccc(-c3cccc(F)c3)cc2[C@H]1NC(=O)O. The van der Waals surface area contributed by atoms with E-state index in [1.54, 1.807) is 6.07 Å². The van der Waals surface area contributed by atoms with E-state index in [-0.39, 0.29) is 17.3 Å². The molecule has 0 aromatic heterocycles. The molecule has 2 N–H and O–H groups in total. The first kappa shape index (κ1) is 15.5. The molecule has 0 unspecified atom stereocenters. The lowest BCUT2D eigenvalue weighted by Gasteiger charge is -2.40. The zero-order valence-corrected chi connectivity index (χ0v) is 13.3. The topological polar surface area (TPSA) is 49.3 Å². The first-order valence-corrected chi connectivity index (χ1v) is 7.75. The molecule has 3 rings (SSSR count). The van der Waals surface area contributed by atoms with E-state index in [0.717, 1.165) is 35.1 Å². The largest absolute Gasteiger partial charge is 0.465 e. The van der Waals surface area contributed by atoms with E-state index >= 15 is 0 Å². The maximum Gasteiger partial charge on any atom is 0.405 e. The molecule has 0 spiro atoms. The van der Waals surface area contributed by atoms with E-state index in [1.165, 1.54) is 12.1 Å². The second kappa shape index (κ2) is 5.69. The van der Waals surface area contributed by atoms with Crippen molar-refractivity contribution in [2.75, 3.05) is 0 Å². The molecular formula is C19H20FNO2. The van der Waals surface area contributed by atoms with Crippen LogP contribution >= 0.6 is 0 Å². The standard InChI is InChI=1S/C19H20FNO2/c1-19(2)9-8-12-6-7-14(13-4-3-5-15(20)10-13)11-16(12)17(19)21-18(22)23/h3-7,10-11,17,21H,8-9H2,1-2H3,(H,22,23)/t17-/m1/s1. The van der Waals surface area contributed by atoms with Crippen molar-refractivity contribution in [1.29, 1.82) is 0 Å². The summed E-state index contributed by atoms with van der Waals surface area (Å²) in [5.74, 6) is -0.277. The van der Waals surface area contributed by atoms with Gasteiger partial charge < -0.3 is 10.4 Å². The number of halogens is 1. The maximum atomic E-state index is 13.5. The van der Waals surface area contributed by atoms with Crippen molar-refractivity contribution in [3.05, 3.63) is 59.4 Å². The normalized spacial score (nSPS) is 19.0. The molecular weight excluding hydrogens is 293 g/mol. The van der Waals surface area contributed by atoms with Crippen LogP contribution in [0.1, 0.15) is 37.4 Å². The number of carbonyl (C=O) groups is 1. The summed E-state index contributed by atoms with van der Waals surface area (Å²) >= 11 is 0. The highest BCUT2D eigenvalue weighted by Crippen LogP contribution is 2.44. The average molecular weight is 313 g/mol. The minimum atomic E-state index is -1.02. The van der Waals surface area contributed by atoms with Crippen LogP contribution < -0.4 is 5.32 Å². The Morgan fingerprint density at radius 1 is 1.22 bits per heavy atom. The predicted molar refractivity (Wildman–Crippen MR) is 87.8 cm³/mol. The van der Waals surface area contributed by atoms with Gasteiger partial charge in [0.1, 0.15) is 5.82 Å². The molecule has 1 aliphatic rings. The third-order valence-corrected chi connectivity index (χ3v) is 4.70. The fourth-order valence-electron chi connectivity index (χ4n) is 3.36. The molecule has 1 amide bonds. The van der Waals surface area contributed by atoms with Crippen molar-refractivity contribution in [1.82, 2.24) is 5.32 Å². The van der Waals surface area contributed by atoms with Gasteiger partial charge in [-0.1, -0.05) is 38.1 Å². The van der Waals surface area contributed by atoms with Gasteiger partial charge in [-0.3, -0.25) is 0 Å². The quantitative estimate of drug-likeness (QED) is 0.838. The zero-order valence-electron chi connectivity index (χ0n) is 13.3. The minimum absolute atomic E-state index is 0.161. The predicted octanol–water partition coefficient (Wildman–Crippen LogP) is 4.77. The highest BCUT2D eigenvalue weighted by Gasteiger charge is 2.37. The van der Waals surface area contributed by atoms with Gasteiger partial charge in [-0.15, -0.1) is 0 Å². The number of aryl methyl sites for hydroxylation is 1. The second-order valence-electron chi connectivity index (χ2n) is 6.80. The number of carboxylic acid groups (broad SMARTS) is 1. The molecule has 0 fully saturated rings. The van der Waals surface area contributed by atoms with Gasteiger partial charge in [-0.2, -0.15) is 0 Å². The number of fused-ring (bicyclic) bond motifs is 1. The first-order valence-electron chi connectivity index (χ1n) is 7.75. The molecule has 0 heterocycles. The number of rotatable bonds is 2. The van der Waals surface area contributed by atoms with Crippen molar-refractivity contribution >= 4 is 6.09 Å². The lowest BCUT2D eigenvalue weighted by molar-refractivity contribution is 0.161. The van der Waals surface area contributed by atoms with Crippen LogP contribution in [0, 0.1) is 11.2 Å². The van der Waals surface area contributed by atoms with E-state index in [2.05, 4.69) is 19.2 Å². The van der Waals surface area contributed by atoms with Crippen molar-refractivity contribution in [2.45, 2.75) is 32.7 Å². The average Bonchev–Trinajstić information content (AvgIpc) is 2.49. The van der Waals surface area contributed by atoms with Gasteiger partial charge in [0.25, 0.3) is 0 Å². The third kappa shape index (κ3) is 3.07. The zero-order chi connectivity index (χ0) is 16.6. The highest BCUT2D eigenvalue weighted by molar-refractivity contribution is 5.68. The van der Waals surface area contributed by atoms with Crippen molar-refractivity contribution in [3.8, 4) is 11.1 Å². The molecule has 2 aromatic carbocycles. The lowest BCUT2D eigenvalue weighted by Crippen LogP contribution is -2.40. The summed E-state index contributed by atoms with van der Waals surface area (Å²) in [6.07, 6.45) is 0.820. The Kier molecular flexibility index (Phi) is 3.84. The summed E-state index contributed by atoms with van der Waals surface area (Å²) in [6.45, 7) is 4.15. The Morgan fingerprint density at radius 3 is 2.65 bits per heavy atom. The number of hydrogen-bond donors (Lipinski definition) is 2. The van der Waals surface area contributed by atoms with E-state index in [0.29, 0.717) is 0 Å². The van der Waals surface area contributed by atoms with Gasteiger partial charge in [-0.05, 0) is 58.7 Å². The molecule has 3 nitrogen and oxygen atoms in total. The second-order valence-corrected chi connectivity index (χ2v) is 6.80. The first-order chi connectivity index (χ1) is 10.9. The molecule has 0 saturated heterocycles. The Hall–Kier alpha value is -2.36. The van der Waals surface area contributed by atoms with Crippen molar-refractivity contribution in [3.63, 3.8) is 0 Å². The van der Waals surface area contributed by atoms with E-state index < -0.39 is 6.09 Å². The molecule has 2 aromatic rings. The number of nitrogens with one attached hydrogen (secondary N) is 1. The van der Waals surface area contributed by atoms with Crippen LogP contribution in [0.5, 0.6) is 0 Å². The molecule has 0 saturated carbocycles. The maximum absolute atomic E-state index is 13.5. The molecule has 4 heteroatoms. The van der Waals surface area contributed by atoms with Gasteiger partial charge >= 0.3 is 6.09 Å². The fraction of sp³-hybridized carbons (Fsp3) is 0.316. The summed E-state index contributed by atoms with van der Waals surface area (Å²) in [5, 5.41) is 11.8. The van der Waals surface area contributed by atoms with Crippen LogP contribution in [-0.2, 0) is 6.42 Å². The minimum Gasteiger partial charge on any atom is -0.465 e. The van der Waals surface area contributed by atoms with E-state index in [4.69, 9.17) is 0 Å². The third-order valence-electron chi connectivity index (χ3n) is 4.70. The Labute approximate surface area is 135 Å². The summed E-state index contributed by atoms with van der Waals surface area (Å²) in [4.78, 5) is 11.2. The molecule has 1 aliphatic carbocycles. The Balaban J connectivity index is 2.08. The van der Waals surface area contributed by atoms with E-state index in [1.807, 2.05) is 24.3 Å². The van der Waals surface area contributed by atoms with Crippen LogP contribution in [0.25, 0.3) is 11.1 Å². The van der Waals surface area contributed by atoms with Crippen molar-refractivity contribution in [2.24, 2.45) is 5.41 Å². The molecule has 0 aliphatic heterocycles. The van der Waals surface area contributed by atoms with Gasteiger partial charge in [0.05, 0.1) is 6.04 Å². The summed E-state index contributed by atoms with van der Waals surface area (Å²) in [5.41, 5.74) is 3.68. The van der Waals surface area contributed by atoms with Crippen molar-refractivity contribution < 1.29 is 14.3 Å². The van der Waals surface area contributed by atoms with Gasteiger partial charge in [0, 0.05) is 0 Å². The van der Waals surface area contributed by atoms with Crippen LogP contribution in [0.3, 0.4) is 0 Å². The van der Waals surface area contributed by atoms with Crippen LogP contribution in [0.2, 0.25) is 0 Å². The summed E-state index contributed by atoms with van der Waals surface area (Å²) in [7, 11) is 0. The molecule has 23 heavy (non-hydrogen) atoms. The smallest absolute Gasteiger partial charge is 0.405 e. The monoisotopic (exact) mass is 313 g/mol. The summed E-state index contributed by atoms with van der Waals surface area (Å²) < 4.78 is 13.5. The number of benzene rings is 2. The van der Waals surface area contributed by atoms with Gasteiger partial charge in [0.15, 0.2) is 0 Å². The van der Waals surface area contributed by atoms with Crippen LogP contribution in [0.15, 0.2) is 42.5 Å². The Morgan fingerprint density at radius 2 is 1.96 bits per heavy atom. The highest BCUT2D eigenvalue weighted by atomic mass is 19.1. The lowest BCUT2D eigenvalue weighted by atomic mass is 9.70. The van der Waals surface area contributed by atoms with Crippen LogP contribution in [-0.4, -0.2) is 11.2 Å². The molecule has 0 bridgehead atoms. The number of hydrogen-bond acceptors (Lipinski definition) is 1. The fourth-order valence-corrected chi connectivity index (χ4v) is 3.36. The van der Waals surface area contributed by atoms with Crippen LogP contribution in [0.4, 0.5) is 9.18 Å². The Bertz CT molecular complexity index is 755. The summed E-state index contributed by atoms with van der Waals surface area (Å²) in [6, 6.07) is 12.2. The number of amides is 1. The van der Waals surface area contributed by atoms with Gasteiger partial charge in [0.2, 0.25) is 0 Å². The molecule has 0 radical (unpaired) electrons.